The van der Waals surface area contributed by atoms with E-state index in [-0.39, 0.29) is 4.65 Å². The second kappa shape index (κ2) is 9.78. The van der Waals surface area contributed by atoms with Crippen LogP contribution in [0.3, 0.4) is 0 Å². The van der Waals surface area contributed by atoms with Gasteiger partial charge in [-0.1, -0.05) is 0 Å². The van der Waals surface area contributed by atoms with Crippen LogP contribution in [-0.4, -0.2) is 94.6 Å². The van der Waals surface area contributed by atoms with E-state index in [4.69, 9.17) is 0 Å². The molecule has 0 aliphatic carbocycles. The van der Waals surface area contributed by atoms with Crippen molar-refractivity contribution in [1.82, 2.24) is 14.7 Å². The number of fused-ring (bicyclic) bond motifs is 4. The molecule has 8 aliphatic rings. The average Bonchev–Trinajstić information content (AvgIpc) is 2.91. The van der Waals surface area contributed by atoms with Gasteiger partial charge in [-0.25, -0.2) is 0 Å². The van der Waals surface area contributed by atoms with Gasteiger partial charge in [0.05, 0.1) is 19.1 Å². The largest absolute Gasteiger partial charge is 0.633 e. The predicted molar refractivity (Wildman–Crippen MR) is 142 cm³/mol. The lowest BCUT2D eigenvalue weighted by Gasteiger charge is -2.64. The maximum absolute atomic E-state index is 13.1. The van der Waals surface area contributed by atoms with Crippen LogP contribution in [-0.2, 0) is 9.59 Å². The fourth-order valence-electron chi connectivity index (χ4n) is 10.8. The van der Waals surface area contributed by atoms with E-state index in [9.17, 15) is 14.8 Å². The van der Waals surface area contributed by atoms with Crippen molar-refractivity contribution in [3.8, 4) is 0 Å². The van der Waals surface area contributed by atoms with Gasteiger partial charge in [-0.15, -0.1) is 0 Å². The van der Waals surface area contributed by atoms with Crippen LogP contribution in [0.15, 0.2) is 0 Å². The zero-order chi connectivity index (χ0) is 25.1. The summed E-state index contributed by atoms with van der Waals surface area (Å²) in [6.45, 7) is 6.25. The molecule has 206 valence electrons. The van der Waals surface area contributed by atoms with Crippen LogP contribution in [0.25, 0.3) is 0 Å². The van der Waals surface area contributed by atoms with Gasteiger partial charge in [-0.05, 0) is 102 Å². The number of hydrogen-bond donors (Lipinski definition) is 0. The van der Waals surface area contributed by atoms with Gasteiger partial charge >= 0.3 is 0 Å². The first kappa shape index (κ1) is 24.8. The van der Waals surface area contributed by atoms with E-state index in [0.29, 0.717) is 41.8 Å². The van der Waals surface area contributed by atoms with Crippen molar-refractivity contribution >= 4 is 11.8 Å². The minimum absolute atomic E-state index is 0.0772. The molecule has 1 unspecified atom stereocenters. The summed E-state index contributed by atoms with van der Waals surface area (Å²) in [5.41, 5.74) is 0. The molecule has 0 N–H and O–H groups in total. The Morgan fingerprint density at radius 1 is 0.649 bits per heavy atom. The van der Waals surface area contributed by atoms with Gasteiger partial charge in [0.1, 0.15) is 0 Å². The molecule has 0 aromatic heterocycles. The highest BCUT2D eigenvalue weighted by molar-refractivity contribution is 5.78. The molecule has 0 aromatic rings. The first-order chi connectivity index (χ1) is 18.0. The first-order valence-electron chi connectivity index (χ1n) is 15.9. The van der Waals surface area contributed by atoms with E-state index < -0.39 is 0 Å². The predicted octanol–water partition coefficient (Wildman–Crippen LogP) is 3.76. The zero-order valence-corrected chi connectivity index (χ0v) is 22.8. The monoisotopic (exact) mass is 512 g/mol. The second-order valence-electron chi connectivity index (χ2n) is 13.8. The topological polar surface area (TPSA) is 66.9 Å². The molecule has 0 saturated carbocycles. The zero-order valence-electron chi connectivity index (χ0n) is 22.8. The molecule has 0 spiro atoms. The number of quaternary nitrogens is 1. The number of amides is 2. The Labute approximate surface area is 223 Å². The van der Waals surface area contributed by atoms with E-state index in [1.165, 1.54) is 58.0 Å². The van der Waals surface area contributed by atoms with E-state index >= 15 is 0 Å². The van der Waals surface area contributed by atoms with Crippen LogP contribution in [0.5, 0.6) is 0 Å². The second-order valence-corrected chi connectivity index (χ2v) is 13.8. The molecular formula is C30H48N4O3. The molecule has 0 aromatic carbocycles. The molecule has 8 heterocycles. The molecule has 9 atom stereocenters. The number of carbonyl (C=O) groups is 2. The van der Waals surface area contributed by atoms with Gasteiger partial charge in [0.15, 0.2) is 0 Å². The SMILES string of the molecule is O=C1CCC[C@@H]2[C@H]3CCCN4CCC[C@@H](CN12)[C@@H]34.O=C1CCC[C@@H]2[C@H]3CCC[N+]4([O-])CCC[C@@H](CN12)[C@@H]34. The third-order valence-corrected chi connectivity index (χ3v) is 12.1. The van der Waals surface area contributed by atoms with Gasteiger partial charge in [0, 0.05) is 55.9 Å². The van der Waals surface area contributed by atoms with Crippen LogP contribution in [0.2, 0.25) is 0 Å². The molecule has 8 fully saturated rings. The lowest BCUT2D eigenvalue weighted by Crippen LogP contribution is -2.71. The smallest absolute Gasteiger partial charge is 0.222 e. The molecule has 8 rings (SSSR count). The highest BCUT2D eigenvalue weighted by atomic mass is 16.5. The summed E-state index contributed by atoms with van der Waals surface area (Å²) in [4.78, 5) is 31.6. The van der Waals surface area contributed by atoms with Crippen molar-refractivity contribution in [2.75, 3.05) is 39.3 Å². The first-order valence-corrected chi connectivity index (χ1v) is 15.9. The summed E-state index contributed by atoms with van der Waals surface area (Å²) in [6, 6.07) is 2.12. The lowest BCUT2D eigenvalue weighted by atomic mass is 9.67. The number of carbonyl (C=O) groups excluding carboxylic acids is 2. The van der Waals surface area contributed by atoms with Crippen molar-refractivity contribution < 1.29 is 14.2 Å². The van der Waals surface area contributed by atoms with Crippen LogP contribution < -0.4 is 0 Å². The molecule has 37 heavy (non-hydrogen) atoms. The maximum atomic E-state index is 13.1. The Morgan fingerprint density at radius 2 is 1.22 bits per heavy atom. The molecule has 7 nitrogen and oxygen atoms in total. The van der Waals surface area contributed by atoms with Gasteiger partial charge in [0.25, 0.3) is 0 Å². The van der Waals surface area contributed by atoms with Gasteiger partial charge in [-0.3, -0.25) is 14.5 Å². The highest BCUT2D eigenvalue weighted by Gasteiger charge is 2.55. The van der Waals surface area contributed by atoms with E-state index in [2.05, 4.69) is 14.7 Å². The van der Waals surface area contributed by atoms with Crippen molar-refractivity contribution in [2.45, 2.75) is 114 Å². The van der Waals surface area contributed by atoms with Crippen molar-refractivity contribution in [1.29, 1.82) is 0 Å². The Bertz CT molecular complexity index is 892. The molecule has 8 aliphatic heterocycles. The summed E-state index contributed by atoms with van der Waals surface area (Å²) in [5, 5.41) is 13.1. The Balaban J connectivity index is 0.000000125. The third-order valence-electron chi connectivity index (χ3n) is 12.1. The summed E-state index contributed by atoms with van der Waals surface area (Å²) < 4.78 is 0.0772. The van der Waals surface area contributed by atoms with Gasteiger partial charge in [-0.2, -0.15) is 0 Å². The van der Waals surface area contributed by atoms with Crippen molar-refractivity contribution in [2.24, 2.45) is 23.7 Å². The number of rotatable bonds is 0. The number of hydroxylamine groups is 3. The Kier molecular flexibility index (Phi) is 6.56. The average molecular weight is 513 g/mol. The van der Waals surface area contributed by atoms with Crippen LogP contribution >= 0.6 is 0 Å². The Morgan fingerprint density at radius 3 is 1.95 bits per heavy atom. The van der Waals surface area contributed by atoms with E-state index in [0.717, 1.165) is 89.0 Å². The molecule has 8 saturated heterocycles. The van der Waals surface area contributed by atoms with Crippen LogP contribution in [0, 0.1) is 28.9 Å². The number of hydrogen-bond acceptors (Lipinski definition) is 4. The molecule has 2 amide bonds. The molecule has 0 bridgehead atoms. The Hall–Kier alpha value is -1.18. The fourth-order valence-corrected chi connectivity index (χ4v) is 10.8. The quantitative estimate of drug-likeness (QED) is 0.366. The summed E-state index contributed by atoms with van der Waals surface area (Å²) in [6.07, 6.45) is 16.0. The normalized spacial score (nSPS) is 47.1. The van der Waals surface area contributed by atoms with Crippen molar-refractivity contribution in [3.63, 3.8) is 0 Å². The molecular weight excluding hydrogens is 464 g/mol. The summed E-state index contributed by atoms with van der Waals surface area (Å²) >= 11 is 0. The number of piperidine rings is 8. The minimum atomic E-state index is 0.0772. The van der Waals surface area contributed by atoms with Gasteiger partial charge in [0.2, 0.25) is 11.8 Å². The van der Waals surface area contributed by atoms with Gasteiger partial charge < -0.3 is 19.7 Å². The maximum Gasteiger partial charge on any atom is 0.222 e. The van der Waals surface area contributed by atoms with Crippen LogP contribution in [0.1, 0.15) is 89.9 Å². The summed E-state index contributed by atoms with van der Waals surface area (Å²) in [7, 11) is 0. The summed E-state index contributed by atoms with van der Waals surface area (Å²) in [5.74, 6) is 3.36. The lowest BCUT2D eigenvalue weighted by molar-refractivity contribution is -0.925. The fraction of sp³-hybridized carbons (Fsp3) is 0.933. The molecule has 0 radical (unpaired) electrons. The third kappa shape index (κ3) is 4.17. The minimum Gasteiger partial charge on any atom is -0.633 e. The van der Waals surface area contributed by atoms with E-state index in [1.807, 2.05) is 0 Å². The molecule has 7 heteroatoms. The standard InChI is InChI=1S/C15H24N2O2.C15H24N2O/c18-14-7-1-6-13-12-5-3-9-17(19)8-2-4-11(15(12)17)10-16(13)14;18-14-7-1-6-13-12-5-3-9-16-8-2-4-11(15(12)16)10-17(13)14/h11-13,15H,1-10H2;11-13,15H,1-10H2/t11-,12+,13+,15-,17?;11-,12+,13+,15-/m00/s1. The highest BCUT2D eigenvalue weighted by Crippen LogP contribution is 2.48. The number of nitrogens with zero attached hydrogens (tertiary/aromatic N) is 4. The van der Waals surface area contributed by atoms with Crippen molar-refractivity contribution in [3.05, 3.63) is 5.21 Å². The van der Waals surface area contributed by atoms with Crippen LogP contribution in [0.4, 0.5) is 0 Å². The van der Waals surface area contributed by atoms with E-state index in [1.54, 1.807) is 0 Å².